The van der Waals surface area contributed by atoms with Gasteiger partial charge in [0.15, 0.2) is 22.4 Å². The van der Waals surface area contributed by atoms with Crippen molar-refractivity contribution in [2.75, 3.05) is 52.5 Å². The molecule has 1 aliphatic heterocycles. The van der Waals surface area contributed by atoms with Crippen molar-refractivity contribution in [2.24, 2.45) is 0 Å². The highest BCUT2D eigenvalue weighted by molar-refractivity contribution is 7.17. The fraction of sp³-hybridized carbons (Fsp3) is 0.400. The summed E-state index contributed by atoms with van der Waals surface area (Å²) in [5.41, 5.74) is 1.52. The largest absolute Gasteiger partial charge is 0.493 e. The first-order valence-corrected chi connectivity index (χ1v) is 9.71. The van der Waals surface area contributed by atoms with E-state index < -0.39 is 0 Å². The van der Waals surface area contributed by atoms with Gasteiger partial charge in [-0.1, -0.05) is 17.4 Å². The van der Waals surface area contributed by atoms with Crippen molar-refractivity contribution in [3.05, 3.63) is 34.3 Å². The molecule has 0 saturated carbocycles. The van der Waals surface area contributed by atoms with Crippen LogP contribution in [0.1, 0.15) is 20.9 Å². The number of allylic oxidation sites excluding steroid dienone is 1. The number of benzene rings is 1. The third-order valence-electron chi connectivity index (χ3n) is 4.40. The normalized spacial score (nSPS) is 14.4. The fourth-order valence-electron chi connectivity index (χ4n) is 2.95. The number of carbonyl (C=O) groups excluding carboxylic acids is 1. The molecule has 28 heavy (non-hydrogen) atoms. The molecule has 2 heterocycles. The molecule has 0 atom stereocenters. The monoisotopic (exact) mass is 404 g/mol. The Bertz CT molecular complexity index is 846. The minimum absolute atomic E-state index is 0.0803. The Balaban J connectivity index is 1.81. The van der Waals surface area contributed by atoms with Crippen LogP contribution in [0.2, 0.25) is 0 Å². The first-order chi connectivity index (χ1) is 13.6. The molecule has 0 radical (unpaired) electrons. The molecule has 1 saturated heterocycles. The van der Waals surface area contributed by atoms with Gasteiger partial charge in [0.1, 0.15) is 0 Å². The van der Waals surface area contributed by atoms with Gasteiger partial charge in [0, 0.05) is 13.1 Å². The number of anilines is 1. The Kier molecular flexibility index (Phi) is 6.53. The molecule has 1 aromatic heterocycles. The van der Waals surface area contributed by atoms with E-state index in [2.05, 4.69) is 9.88 Å². The minimum atomic E-state index is -0.0803. The number of hydrogen-bond acceptors (Lipinski definition) is 8. The molecular weight excluding hydrogens is 380 g/mol. The van der Waals surface area contributed by atoms with Gasteiger partial charge >= 0.3 is 0 Å². The molecule has 1 aliphatic rings. The van der Waals surface area contributed by atoms with E-state index >= 15 is 0 Å². The maximum atomic E-state index is 12.7. The number of aromatic nitrogens is 1. The SMILES string of the molecule is COc1cc(C=CC(=O)c2sc(N3CCOCC3)nc2C)cc(OC)c1OC. The number of rotatable bonds is 7. The first-order valence-electron chi connectivity index (χ1n) is 8.90. The molecule has 0 bridgehead atoms. The third-order valence-corrected chi connectivity index (χ3v) is 5.64. The summed E-state index contributed by atoms with van der Waals surface area (Å²) in [6.07, 6.45) is 3.28. The lowest BCUT2D eigenvalue weighted by molar-refractivity contribution is 0.105. The van der Waals surface area contributed by atoms with Crippen molar-refractivity contribution in [1.29, 1.82) is 0 Å². The molecule has 7 nitrogen and oxygen atoms in total. The minimum Gasteiger partial charge on any atom is -0.493 e. The Morgan fingerprint density at radius 3 is 2.36 bits per heavy atom. The van der Waals surface area contributed by atoms with Crippen LogP contribution in [0.4, 0.5) is 5.13 Å². The van der Waals surface area contributed by atoms with E-state index in [9.17, 15) is 4.79 Å². The number of methoxy groups -OCH3 is 3. The number of aryl methyl sites for hydroxylation is 1. The van der Waals surface area contributed by atoms with E-state index in [1.54, 1.807) is 45.6 Å². The highest BCUT2D eigenvalue weighted by Gasteiger charge is 2.19. The van der Waals surface area contributed by atoms with Gasteiger partial charge in [-0.3, -0.25) is 4.79 Å². The van der Waals surface area contributed by atoms with Crippen LogP contribution in [0.25, 0.3) is 6.08 Å². The quantitative estimate of drug-likeness (QED) is 0.518. The van der Waals surface area contributed by atoms with Crippen molar-refractivity contribution in [2.45, 2.75) is 6.92 Å². The first kappa shape index (κ1) is 20.2. The second-order valence-corrected chi connectivity index (χ2v) is 7.14. The van der Waals surface area contributed by atoms with Crippen LogP contribution in [-0.2, 0) is 4.74 Å². The number of ether oxygens (including phenoxy) is 4. The average Bonchev–Trinajstić information content (AvgIpc) is 3.13. The third kappa shape index (κ3) is 4.28. The van der Waals surface area contributed by atoms with Gasteiger partial charge in [-0.25, -0.2) is 4.98 Å². The lowest BCUT2D eigenvalue weighted by atomic mass is 10.1. The van der Waals surface area contributed by atoms with Gasteiger partial charge in [-0.15, -0.1) is 0 Å². The summed E-state index contributed by atoms with van der Waals surface area (Å²) < 4.78 is 21.4. The maximum Gasteiger partial charge on any atom is 0.203 e. The van der Waals surface area contributed by atoms with Crippen molar-refractivity contribution in [3.63, 3.8) is 0 Å². The fourth-order valence-corrected chi connectivity index (χ4v) is 3.98. The molecule has 1 fully saturated rings. The molecule has 1 aromatic carbocycles. The number of carbonyl (C=O) groups is 1. The number of thiazole rings is 1. The van der Waals surface area contributed by atoms with E-state index in [0.717, 1.165) is 29.5 Å². The van der Waals surface area contributed by atoms with E-state index in [4.69, 9.17) is 18.9 Å². The van der Waals surface area contributed by atoms with Crippen molar-refractivity contribution < 1.29 is 23.7 Å². The van der Waals surface area contributed by atoms with Crippen LogP contribution in [-0.4, -0.2) is 58.4 Å². The molecule has 2 aromatic rings. The molecule has 0 aliphatic carbocycles. The summed E-state index contributed by atoms with van der Waals surface area (Å²) in [6, 6.07) is 3.59. The van der Waals surface area contributed by atoms with Gasteiger partial charge in [-0.2, -0.15) is 0 Å². The average molecular weight is 404 g/mol. The van der Waals surface area contributed by atoms with Crippen LogP contribution in [0.3, 0.4) is 0 Å². The van der Waals surface area contributed by atoms with E-state index in [1.807, 2.05) is 6.92 Å². The van der Waals surface area contributed by atoms with Gasteiger partial charge in [-0.05, 0) is 30.7 Å². The Hall–Kier alpha value is -2.58. The lowest BCUT2D eigenvalue weighted by Gasteiger charge is -2.25. The summed E-state index contributed by atoms with van der Waals surface area (Å²) in [4.78, 5) is 20.1. The number of ketones is 1. The second-order valence-electron chi connectivity index (χ2n) is 6.17. The Morgan fingerprint density at radius 1 is 1.14 bits per heavy atom. The molecule has 150 valence electrons. The number of nitrogens with zero attached hydrogens (tertiary/aromatic N) is 2. The molecule has 0 N–H and O–H groups in total. The van der Waals surface area contributed by atoms with Gasteiger partial charge < -0.3 is 23.8 Å². The highest BCUT2D eigenvalue weighted by atomic mass is 32.1. The zero-order chi connectivity index (χ0) is 20.1. The van der Waals surface area contributed by atoms with Crippen molar-refractivity contribution >= 4 is 28.3 Å². The van der Waals surface area contributed by atoms with E-state index in [1.165, 1.54) is 11.3 Å². The number of hydrogen-bond donors (Lipinski definition) is 0. The summed E-state index contributed by atoms with van der Waals surface area (Å²) in [6.45, 7) is 4.82. The van der Waals surface area contributed by atoms with Crippen LogP contribution >= 0.6 is 11.3 Å². The summed E-state index contributed by atoms with van der Waals surface area (Å²) >= 11 is 1.42. The van der Waals surface area contributed by atoms with E-state index in [-0.39, 0.29) is 5.78 Å². The van der Waals surface area contributed by atoms with Crippen LogP contribution in [0.5, 0.6) is 17.2 Å². The zero-order valence-corrected chi connectivity index (χ0v) is 17.3. The van der Waals surface area contributed by atoms with Gasteiger partial charge in [0.25, 0.3) is 0 Å². The molecular formula is C20H24N2O5S. The van der Waals surface area contributed by atoms with Crippen LogP contribution in [0.15, 0.2) is 18.2 Å². The smallest absolute Gasteiger partial charge is 0.203 e. The van der Waals surface area contributed by atoms with Crippen molar-refractivity contribution in [1.82, 2.24) is 4.98 Å². The summed E-state index contributed by atoms with van der Waals surface area (Å²) in [7, 11) is 4.67. The molecule has 0 amide bonds. The molecule has 0 unspecified atom stereocenters. The highest BCUT2D eigenvalue weighted by Crippen LogP contribution is 2.38. The summed E-state index contributed by atoms with van der Waals surface area (Å²) in [5.74, 6) is 1.51. The van der Waals surface area contributed by atoms with Gasteiger partial charge in [0.2, 0.25) is 5.75 Å². The maximum absolute atomic E-state index is 12.7. The van der Waals surface area contributed by atoms with Crippen LogP contribution in [0, 0.1) is 6.92 Å². The van der Waals surface area contributed by atoms with Crippen molar-refractivity contribution in [3.8, 4) is 17.2 Å². The standard InChI is InChI=1S/C20H24N2O5S/c1-13-19(28-20(21-13)22-7-9-27-10-8-22)15(23)6-5-14-11-16(24-2)18(26-4)17(12-14)25-3/h5-6,11-12H,7-10H2,1-4H3. The second kappa shape index (κ2) is 9.07. The Morgan fingerprint density at radius 2 is 1.79 bits per heavy atom. The number of morpholine rings is 1. The topological polar surface area (TPSA) is 70.1 Å². The molecule has 8 heteroatoms. The lowest BCUT2D eigenvalue weighted by Crippen LogP contribution is -2.36. The predicted octanol–water partition coefficient (Wildman–Crippen LogP) is 3.21. The zero-order valence-electron chi connectivity index (χ0n) is 16.5. The van der Waals surface area contributed by atoms with E-state index in [0.29, 0.717) is 35.3 Å². The molecule has 3 rings (SSSR count). The Labute approximate surface area is 168 Å². The predicted molar refractivity (Wildman–Crippen MR) is 109 cm³/mol. The van der Waals surface area contributed by atoms with Crippen LogP contribution < -0.4 is 19.1 Å². The summed E-state index contributed by atoms with van der Waals surface area (Å²) in [5, 5.41) is 0.866. The molecule has 0 spiro atoms. The van der Waals surface area contributed by atoms with Gasteiger partial charge in [0.05, 0.1) is 45.1 Å².